The molecule has 1 N–H and O–H groups in total. The predicted molar refractivity (Wildman–Crippen MR) is 118 cm³/mol. The van der Waals surface area contributed by atoms with Crippen molar-refractivity contribution in [3.8, 4) is 11.5 Å². The number of H-pyrrole nitrogens is 1. The fraction of sp³-hybridized carbons (Fsp3) is 0.286. The van der Waals surface area contributed by atoms with Gasteiger partial charge in [0, 0.05) is 6.42 Å². The van der Waals surface area contributed by atoms with E-state index in [2.05, 4.69) is 15.3 Å². The summed E-state index contributed by atoms with van der Waals surface area (Å²) in [7, 11) is 0. The summed E-state index contributed by atoms with van der Waals surface area (Å²) >= 11 is 11.7. The average molecular weight is 449 g/mol. The van der Waals surface area contributed by atoms with E-state index in [1.165, 1.54) is 16.8 Å². The Hall–Kier alpha value is -2.71. The molecule has 0 fully saturated rings. The topological polar surface area (TPSA) is 64.4 Å². The Kier molecular flexibility index (Phi) is 7.59. The first-order chi connectivity index (χ1) is 14.5. The van der Waals surface area contributed by atoms with Crippen LogP contribution in [-0.2, 0) is 6.42 Å². The van der Waals surface area contributed by atoms with Crippen molar-refractivity contribution in [2.24, 2.45) is 5.10 Å². The highest BCUT2D eigenvalue weighted by Crippen LogP contribution is 2.36. The number of benzene rings is 2. The summed E-state index contributed by atoms with van der Waals surface area (Å²) in [4.78, 5) is 0. The molecule has 0 saturated heterocycles. The second-order valence-corrected chi connectivity index (χ2v) is 7.21. The van der Waals surface area contributed by atoms with Gasteiger partial charge in [0.2, 0.25) is 4.77 Å². The molecule has 6 nitrogen and oxygen atoms in total. The van der Waals surface area contributed by atoms with E-state index >= 15 is 0 Å². The van der Waals surface area contributed by atoms with Crippen LogP contribution in [0.4, 0.5) is 4.39 Å². The Morgan fingerprint density at radius 1 is 1.23 bits per heavy atom. The van der Waals surface area contributed by atoms with Gasteiger partial charge >= 0.3 is 0 Å². The lowest BCUT2D eigenvalue weighted by atomic mass is 10.1. The standard InChI is InChI=1S/C21H22ClFN4O2S/c1-3-9-29-20-17(22)10-15(11-18(20)28-4-2)13-24-27-19(25-26-21(27)30)12-14-5-7-16(23)8-6-14/h5-8,10-11,13H,3-4,9,12H2,1-2H3,(H,26,30)/b24-13-. The van der Waals surface area contributed by atoms with Crippen LogP contribution >= 0.6 is 23.8 Å². The molecule has 1 heterocycles. The van der Waals surface area contributed by atoms with Gasteiger partial charge in [0.1, 0.15) is 5.82 Å². The molecule has 30 heavy (non-hydrogen) atoms. The maximum atomic E-state index is 13.1. The molecule has 0 bridgehead atoms. The third kappa shape index (κ3) is 5.46. The fourth-order valence-electron chi connectivity index (χ4n) is 2.74. The first kappa shape index (κ1) is 22.0. The second-order valence-electron chi connectivity index (χ2n) is 6.42. The first-order valence-electron chi connectivity index (χ1n) is 9.56. The van der Waals surface area contributed by atoms with Gasteiger partial charge in [-0.1, -0.05) is 30.7 Å². The summed E-state index contributed by atoms with van der Waals surface area (Å²) in [5, 5.41) is 11.9. The zero-order valence-corrected chi connectivity index (χ0v) is 18.3. The summed E-state index contributed by atoms with van der Waals surface area (Å²) in [5.41, 5.74) is 1.61. The van der Waals surface area contributed by atoms with Crippen LogP contribution in [0.15, 0.2) is 41.5 Å². The van der Waals surface area contributed by atoms with E-state index in [0.29, 0.717) is 46.8 Å². The summed E-state index contributed by atoms with van der Waals surface area (Å²) < 4.78 is 26.4. The van der Waals surface area contributed by atoms with Gasteiger partial charge in [-0.15, -0.1) is 0 Å². The summed E-state index contributed by atoms with van der Waals surface area (Å²) in [6, 6.07) is 9.77. The van der Waals surface area contributed by atoms with E-state index in [1.807, 2.05) is 19.9 Å². The highest BCUT2D eigenvalue weighted by Gasteiger charge is 2.12. The van der Waals surface area contributed by atoms with Crippen molar-refractivity contribution in [3.63, 3.8) is 0 Å². The van der Waals surface area contributed by atoms with Crippen molar-refractivity contribution in [2.75, 3.05) is 13.2 Å². The maximum Gasteiger partial charge on any atom is 0.216 e. The SMILES string of the molecule is CCCOc1c(Cl)cc(/C=N\n2c(Cc3ccc(F)cc3)n[nH]c2=S)cc1OCC. The van der Waals surface area contributed by atoms with Gasteiger partial charge in [0.15, 0.2) is 17.3 Å². The number of aromatic amines is 1. The van der Waals surface area contributed by atoms with Gasteiger partial charge in [-0.2, -0.15) is 14.9 Å². The molecule has 158 valence electrons. The van der Waals surface area contributed by atoms with Crippen molar-refractivity contribution in [2.45, 2.75) is 26.7 Å². The average Bonchev–Trinajstić information content (AvgIpc) is 3.07. The summed E-state index contributed by atoms with van der Waals surface area (Å²) in [6.45, 7) is 4.94. The molecule has 0 spiro atoms. The lowest BCUT2D eigenvalue weighted by Gasteiger charge is -2.13. The normalized spacial score (nSPS) is 11.2. The van der Waals surface area contributed by atoms with Crippen molar-refractivity contribution >= 4 is 30.0 Å². The summed E-state index contributed by atoms with van der Waals surface area (Å²) in [6.07, 6.45) is 2.93. The number of ether oxygens (including phenoxy) is 2. The minimum atomic E-state index is -0.288. The van der Waals surface area contributed by atoms with Gasteiger partial charge in [-0.05, 0) is 61.0 Å². The number of rotatable bonds is 9. The molecule has 2 aromatic carbocycles. The lowest BCUT2D eigenvalue weighted by Crippen LogP contribution is -2.03. The highest BCUT2D eigenvalue weighted by atomic mass is 35.5. The van der Waals surface area contributed by atoms with E-state index < -0.39 is 0 Å². The molecule has 3 aromatic rings. The van der Waals surface area contributed by atoms with Crippen molar-refractivity contribution < 1.29 is 13.9 Å². The van der Waals surface area contributed by atoms with Gasteiger partial charge in [0.05, 0.1) is 24.5 Å². The minimum Gasteiger partial charge on any atom is -0.490 e. The number of nitrogens with one attached hydrogen (secondary N) is 1. The fourth-order valence-corrected chi connectivity index (χ4v) is 3.21. The van der Waals surface area contributed by atoms with E-state index in [4.69, 9.17) is 33.3 Å². The number of hydrogen-bond donors (Lipinski definition) is 1. The quantitative estimate of drug-likeness (QED) is 0.352. The molecule has 1 aromatic heterocycles. The van der Waals surface area contributed by atoms with Crippen molar-refractivity contribution in [1.82, 2.24) is 14.9 Å². The second kappa shape index (κ2) is 10.4. The molecule has 3 rings (SSSR count). The van der Waals surface area contributed by atoms with Crippen LogP contribution < -0.4 is 9.47 Å². The molecule has 0 saturated carbocycles. The van der Waals surface area contributed by atoms with Crippen LogP contribution in [0.2, 0.25) is 5.02 Å². The minimum absolute atomic E-state index is 0.288. The molecule has 0 amide bonds. The molecule has 0 aliphatic carbocycles. The molecular formula is C21H22ClFN4O2S. The predicted octanol–water partition coefficient (Wildman–Crippen LogP) is 5.39. The molecule has 0 atom stereocenters. The van der Waals surface area contributed by atoms with Gasteiger partial charge in [0.25, 0.3) is 0 Å². The maximum absolute atomic E-state index is 13.1. The van der Waals surface area contributed by atoms with Gasteiger partial charge < -0.3 is 9.47 Å². The smallest absolute Gasteiger partial charge is 0.216 e. The van der Waals surface area contributed by atoms with E-state index in [1.54, 1.807) is 24.4 Å². The lowest BCUT2D eigenvalue weighted by molar-refractivity contribution is 0.277. The van der Waals surface area contributed by atoms with Crippen molar-refractivity contribution in [3.05, 3.63) is 69.0 Å². The molecule has 0 radical (unpaired) electrons. The monoisotopic (exact) mass is 448 g/mol. The van der Waals surface area contributed by atoms with Crippen LogP contribution in [0.5, 0.6) is 11.5 Å². The highest BCUT2D eigenvalue weighted by molar-refractivity contribution is 7.71. The van der Waals surface area contributed by atoms with Crippen LogP contribution in [0, 0.1) is 10.6 Å². The summed E-state index contributed by atoms with van der Waals surface area (Å²) in [5.74, 6) is 1.39. The van der Waals surface area contributed by atoms with E-state index in [0.717, 1.165) is 17.5 Å². The Morgan fingerprint density at radius 2 is 2.00 bits per heavy atom. The Bertz CT molecular complexity index is 1080. The van der Waals surface area contributed by atoms with E-state index in [9.17, 15) is 4.39 Å². The van der Waals surface area contributed by atoms with Gasteiger partial charge in [-0.25, -0.2) is 4.39 Å². The van der Waals surface area contributed by atoms with E-state index in [-0.39, 0.29) is 5.82 Å². The Morgan fingerprint density at radius 3 is 2.70 bits per heavy atom. The zero-order chi connectivity index (χ0) is 21.5. The third-order valence-corrected chi connectivity index (χ3v) is 4.64. The van der Waals surface area contributed by atoms with Crippen LogP contribution in [0.3, 0.4) is 0 Å². The Balaban J connectivity index is 1.87. The third-order valence-electron chi connectivity index (χ3n) is 4.10. The number of hydrogen-bond acceptors (Lipinski definition) is 5. The van der Waals surface area contributed by atoms with Gasteiger partial charge in [-0.3, -0.25) is 5.10 Å². The largest absolute Gasteiger partial charge is 0.490 e. The zero-order valence-electron chi connectivity index (χ0n) is 16.7. The number of halogens is 2. The molecule has 9 heteroatoms. The molecule has 0 aliphatic rings. The molecule has 0 aliphatic heterocycles. The van der Waals surface area contributed by atoms with Crippen LogP contribution in [-0.4, -0.2) is 34.3 Å². The molecular weight excluding hydrogens is 427 g/mol. The Labute approximate surface area is 184 Å². The van der Waals surface area contributed by atoms with Crippen LogP contribution in [0.1, 0.15) is 37.2 Å². The number of aromatic nitrogens is 3. The molecule has 0 unspecified atom stereocenters. The first-order valence-corrected chi connectivity index (χ1v) is 10.3. The van der Waals surface area contributed by atoms with Crippen molar-refractivity contribution in [1.29, 1.82) is 0 Å². The van der Waals surface area contributed by atoms with Crippen LogP contribution in [0.25, 0.3) is 0 Å². The number of nitrogens with zero attached hydrogens (tertiary/aromatic N) is 3.